The van der Waals surface area contributed by atoms with Gasteiger partial charge in [0.1, 0.15) is 12.4 Å². The number of anilines is 1. The molecule has 0 aliphatic rings. The lowest BCUT2D eigenvalue weighted by molar-refractivity contribution is 0.168. The monoisotopic (exact) mass is 229 g/mol. The van der Waals surface area contributed by atoms with Crippen molar-refractivity contribution in [1.82, 2.24) is 0 Å². The summed E-state index contributed by atoms with van der Waals surface area (Å²) in [7, 11) is 1.53. The third-order valence-electron chi connectivity index (χ3n) is 1.65. The van der Waals surface area contributed by atoms with E-state index in [0.717, 1.165) is 0 Å². The summed E-state index contributed by atoms with van der Waals surface area (Å²) in [6.45, 7) is 0.183. The quantitative estimate of drug-likeness (QED) is 0.807. The zero-order valence-corrected chi connectivity index (χ0v) is 9.08. The Morgan fingerprint density at radius 2 is 2.20 bits per heavy atom. The number of ether oxygens (including phenoxy) is 2. The van der Waals surface area contributed by atoms with Crippen molar-refractivity contribution in [3.05, 3.63) is 24.3 Å². The van der Waals surface area contributed by atoms with Gasteiger partial charge in [-0.25, -0.2) is 4.79 Å². The van der Waals surface area contributed by atoms with Crippen molar-refractivity contribution in [2.24, 2.45) is 0 Å². The molecule has 0 aliphatic heterocycles. The molecule has 0 aliphatic carbocycles. The van der Waals surface area contributed by atoms with Crippen LogP contribution in [0.1, 0.15) is 0 Å². The first kappa shape index (κ1) is 11.7. The second-order valence-electron chi connectivity index (χ2n) is 2.65. The summed E-state index contributed by atoms with van der Waals surface area (Å²) in [5, 5.41) is 2.55. The molecule has 0 aromatic heterocycles. The van der Waals surface area contributed by atoms with Gasteiger partial charge in [0.05, 0.1) is 18.7 Å². The number of carbonyl (C=O) groups excluding carboxylic acids is 1. The number of benzene rings is 1. The van der Waals surface area contributed by atoms with Crippen LogP contribution in [0.5, 0.6) is 5.75 Å². The molecule has 0 bridgehead atoms. The van der Waals surface area contributed by atoms with Crippen molar-refractivity contribution < 1.29 is 14.3 Å². The summed E-state index contributed by atoms with van der Waals surface area (Å²) < 4.78 is 9.81. The van der Waals surface area contributed by atoms with Crippen LogP contribution in [-0.2, 0) is 4.74 Å². The second kappa shape index (κ2) is 6.14. The van der Waals surface area contributed by atoms with E-state index in [0.29, 0.717) is 11.4 Å². The third-order valence-corrected chi connectivity index (χ3v) is 1.81. The number of methoxy groups -OCH3 is 1. The Hall–Kier alpha value is -1.42. The van der Waals surface area contributed by atoms with Crippen LogP contribution < -0.4 is 10.1 Å². The molecule has 1 aromatic rings. The van der Waals surface area contributed by atoms with Crippen LogP contribution in [0.4, 0.5) is 10.5 Å². The molecule has 1 aromatic carbocycles. The van der Waals surface area contributed by atoms with Gasteiger partial charge in [-0.05, 0) is 12.1 Å². The highest BCUT2D eigenvalue weighted by atomic mass is 35.5. The van der Waals surface area contributed by atoms with Crippen LogP contribution in [0.15, 0.2) is 24.3 Å². The Bertz CT molecular complexity index is 330. The molecule has 5 heteroatoms. The molecular weight excluding hydrogens is 218 g/mol. The molecule has 1 N–H and O–H groups in total. The molecule has 1 rings (SSSR count). The number of halogens is 1. The van der Waals surface area contributed by atoms with Crippen molar-refractivity contribution in [3.63, 3.8) is 0 Å². The number of hydrogen-bond acceptors (Lipinski definition) is 3. The van der Waals surface area contributed by atoms with Gasteiger partial charge < -0.3 is 9.47 Å². The first-order valence-electron chi connectivity index (χ1n) is 4.40. The van der Waals surface area contributed by atoms with Crippen LogP contribution in [-0.4, -0.2) is 25.7 Å². The lowest BCUT2D eigenvalue weighted by Crippen LogP contribution is -2.15. The SMILES string of the molecule is COc1ccccc1NC(=O)OCCCl. The fraction of sp³-hybridized carbons (Fsp3) is 0.300. The summed E-state index contributed by atoms with van der Waals surface area (Å²) in [6, 6.07) is 7.08. The Morgan fingerprint density at radius 1 is 1.47 bits per heavy atom. The van der Waals surface area contributed by atoms with Crippen molar-refractivity contribution in [3.8, 4) is 5.75 Å². The number of amides is 1. The number of para-hydroxylation sites is 2. The number of rotatable bonds is 4. The van der Waals surface area contributed by atoms with E-state index < -0.39 is 6.09 Å². The number of carbonyl (C=O) groups is 1. The van der Waals surface area contributed by atoms with Gasteiger partial charge in [0, 0.05) is 0 Å². The van der Waals surface area contributed by atoms with E-state index in [1.54, 1.807) is 18.2 Å². The van der Waals surface area contributed by atoms with Crippen LogP contribution in [0.3, 0.4) is 0 Å². The summed E-state index contributed by atoms with van der Waals surface area (Å²) >= 11 is 5.38. The van der Waals surface area contributed by atoms with Gasteiger partial charge in [-0.1, -0.05) is 12.1 Å². The summed E-state index contributed by atoms with van der Waals surface area (Å²) in [6.07, 6.45) is -0.542. The largest absolute Gasteiger partial charge is 0.495 e. The van der Waals surface area contributed by atoms with Gasteiger partial charge in [-0.15, -0.1) is 11.6 Å². The van der Waals surface area contributed by atoms with E-state index in [9.17, 15) is 4.79 Å². The average Bonchev–Trinajstić information content (AvgIpc) is 2.27. The van der Waals surface area contributed by atoms with Gasteiger partial charge in [0.25, 0.3) is 0 Å². The standard InChI is InChI=1S/C10H12ClNO3/c1-14-9-5-3-2-4-8(9)12-10(13)15-7-6-11/h2-5H,6-7H2,1H3,(H,12,13). The molecule has 82 valence electrons. The zero-order valence-electron chi connectivity index (χ0n) is 8.33. The molecule has 0 saturated carbocycles. The van der Waals surface area contributed by atoms with E-state index >= 15 is 0 Å². The zero-order chi connectivity index (χ0) is 11.1. The first-order valence-corrected chi connectivity index (χ1v) is 4.94. The first-order chi connectivity index (χ1) is 7.27. The summed E-state index contributed by atoms with van der Waals surface area (Å²) in [4.78, 5) is 11.2. The highest BCUT2D eigenvalue weighted by Crippen LogP contribution is 2.22. The minimum Gasteiger partial charge on any atom is -0.495 e. The van der Waals surface area contributed by atoms with Crippen LogP contribution in [0.25, 0.3) is 0 Å². The molecule has 0 fully saturated rings. The molecule has 0 unspecified atom stereocenters. The molecule has 0 heterocycles. The van der Waals surface area contributed by atoms with Crippen LogP contribution in [0, 0.1) is 0 Å². The van der Waals surface area contributed by atoms with Crippen LogP contribution >= 0.6 is 11.6 Å². The van der Waals surface area contributed by atoms with E-state index in [-0.39, 0.29) is 12.5 Å². The predicted octanol–water partition coefficient (Wildman–Crippen LogP) is 2.48. The maximum Gasteiger partial charge on any atom is 0.411 e. The lowest BCUT2D eigenvalue weighted by atomic mass is 10.3. The highest BCUT2D eigenvalue weighted by molar-refractivity contribution is 6.18. The molecule has 0 radical (unpaired) electrons. The normalized spacial score (nSPS) is 9.47. The number of hydrogen-bond donors (Lipinski definition) is 1. The summed E-state index contributed by atoms with van der Waals surface area (Å²) in [5.74, 6) is 0.861. The maximum atomic E-state index is 11.2. The Labute approximate surface area is 93.1 Å². The van der Waals surface area contributed by atoms with Crippen molar-refractivity contribution >= 4 is 23.4 Å². The predicted molar refractivity (Wildman–Crippen MR) is 58.7 cm³/mol. The molecule has 15 heavy (non-hydrogen) atoms. The molecular formula is C10H12ClNO3. The van der Waals surface area contributed by atoms with Gasteiger partial charge >= 0.3 is 6.09 Å². The minimum absolute atomic E-state index is 0.183. The topological polar surface area (TPSA) is 47.6 Å². The second-order valence-corrected chi connectivity index (χ2v) is 3.03. The number of alkyl halides is 1. The molecule has 0 spiro atoms. The molecule has 0 atom stereocenters. The fourth-order valence-corrected chi connectivity index (χ4v) is 1.10. The lowest BCUT2D eigenvalue weighted by Gasteiger charge is -2.09. The van der Waals surface area contributed by atoms with Gasteiger partial charge in [0.2, 0.25) is 0 Å². The average molecular weight is 230 g/mol. The Morgan fingerprint density at radius 3 is 2.87 bits per heavy atom. The van der Waals surface area contributed by atoms with E-state index in [2.05, 4.69) is 5.32 Å². The molecule has 0 saturated heterocycles. The molecule has 4 nitrogen and oxygen atoms in total. The van der Waals surface area contributed by atoms with Crippen molar-refractivity contribution in [2.75, 3.05) is 24.9 Å². The maximum absolute atomic E-state index is 11.2. The Balaban J connectivity index is 2.59. The third kappa shape index (κ3) is 3.67. The molecule has 1 amide bonds. The minimum atomic E-state index is -0.542. The van der Waals surface area contributed by atoms with Gasteiger partial charge in [-0.3, -0.25) is 5.32 Å². The number of nitrogens with one attached hydrogen (secondary N) is 1. The van der Waals surface area contributed by atoms with Crippen molar-refractivity contribution in [2.45, 2.75) is 0 Å². The highest BCUT2D eigenvalue weighted by Gasteiger charge is 2.06. The van der Waals surface area contributed by atoms with Gasteiger partial charge in [0.15, 0.2) is 0 Å². The van der Waals surface area contributed by atoms with Crippen LogP contribution in [0.2, 0.25) is 0 Å². The van der Waals surface area contributed by atoms with Gasteiger partial charge in [-0.2, -0.15) is 0 Å². The van der Waals surface area contributed by atoms with E-state index in [4.69, 9.17) is 21.1 Å². The van der Waals surface area contributed by atoms with E-state index in [1.165, 1.54) is 7.11 Å². The van der Waals surface area contributed by atoms with E-state index in [1.807, 2.05) is 6.07 Å². The fourth-order valence-electron chi connectivity index (χ4n) is 1.03. The smallest absolute Gasteiger partial charge is 0.411 e. The van der Waals surface area contributed by atoms with Crippen molar-refractivity contribution in [1.29, 1.82) is 0 Å². The Kier molecular flexibility index (Phi) is 4.77. The summed E-state index contributed by atoms with van der Waals surface area (Å²) in [5.41, 5.74) is 0.569.